The Morgan fingerprint density at radius 3 is 2.32 bits per heavy atom. The van der Waals surface area contributed by atoms with Crippen LogP contribution in [0.3, 0.4) is 0 Å². The summed E-state index contributed by atoms with van der Waals surface area (Å²) >= 11 is 0. The summed E-state index contributed by atoms with van der Waals surface area (Å²) in [5.74, 6) is 2.35. The second kappa shape index (κ2) is 5.95. The minimum Gasteiger partial charge on any atom is -0.493 e. The summed E-state index contributed by atoms with van der Waals surface area (Å²) in [6.07, 6.45) is 4.06. The zero-order valence-corrected chi connectivity index (χ0v) is 11.7. The zero-order chi connectivity index (χ0) is 13.8. The number of carbonyl (C=O) groups is 1. The molecule has 2 rings (SSSR count). The minimum absolute atomic E-state index is 0.102. The van der Waals surface area contributed by atoms with Gasteiger partial charge in [-0.2, -0.15) is 0 Å². The van der Waals surface area contributed by atoms with Crippen molar-refractivity contribution in [2.75, 3.05) is 21.3 Å². The van der Waals surface area contributed by atoms with E-state index in [1.165, 1.54) is 20.0 Å². The molecule has 1 aromatic carbocycles. The molecule has 1 fully saturated rings. The molecule has 1 aromatic rings. The molecule has 1 aliphatic carbocycles. The smallest absolute Gasteiger partial charge is 0.204 e. The maximum absolute atomic E-state index is 12.2. The highest BCUT2D eigenvalue weighted by Gasteiger charge is 2.25. The Kier molecular flexibility index (Phi) is 4.30. The normalized spacial score (nSPS) is 14.1. The van der Waals surface area contributed by atoms with Crippen LogP contribution in [0.15, 0.2) is 12.1 Å². The van der Waals surface area contributed by atoms with Crippen LogP contribution >= 0.6 is 0 Å². The first-order valence-corrected chi connectivity index (χ1v) is 6.53. The second-order valence-electron chi connectivity index (χ2n) is 4.79. The van der Waals surface area contributed by atoms with Crippen LogP contribution in [-0.4, -0.2) is 27.1 Å². The Balaban J connectivity index is 2.24. The number of rotatable bonds is 7. The third-order valence-corrected chi connectivity index (χ3v) is 3.48. The lowest BCUT2D eigenvalue weighted by Crippen LogP contribution is -2.05. The minimum atomic E-state index is 0.102. The monoisotopic (exact) mass is 264 g/mol. The first kappa shape index (κ1) is 13.7. The zero-order valence-electron chi connectivity index (χ0n) is 11.7. The molecule has 0 amide bonds. The van der Waals surface area contributed by atoms with E-state index in [4.69, 9.17) is 14.2 Å². The topological polar surface area (TPSA) is 44.8 Å². The van der Waals surface area contributed by atoms with E-state index in [1.807, 2.05) is 0 Å². The predicted molar refractivity (Wildman–Crippen MR) is 72.4 cm³/mol. The van der Waals surface area contributed by atoms with Crippen molar-refractivity contribution >= 4 is 5.78 Å². The molecule has 0 spiro atoms. The van der Waals surface area contributed by atoms with Crippen molar-refractivity contribution in [2.45, 2.75) is 25.7 Å². The van der Waals surface area contributed by atoms with Crippen LogP contribution in [0.4, 0.5) is 0 Å². The van der Waals surface area contributed by atoms with E-state index in [0.29, 0.717) is 29.2 Å². The molecule has 0 radical (unpaired) electrons. The fraction of sp³-hybridized carbons (Fsp3) is 0.533. The number of benzene rings is 1. The van der Waals surface area contributed by atoms with Crippen molar-refractivity contribution in [1.82, 2.24) is 0 Å². The molecule has 0 N–H and O–H groups in total. The van der Waals surface area contributed by atoms with E-state index in [-0.39, 0.29) is 5.78 Å². The van der Waals surface area contributed by atoms with Crippen LogP contribution < -0.4 is 14.2 Å². The standard InChI is InChI=1S/C15H20O4/c1-17-13-9-7-11(14(18-2)15(13)19-3)12(16)8-6-10-4-5-10/h7,9-10H,4-6,8H2,1-3H3. The van der Waals surface area contributed by atoms with Gasteiger partial charge in [0, 0.05) is 6.42 Å². The molecule has 0 bridgehead atoms. The highest BCUT2D eigenvalue weighted by atomic mass is 16.5. The van der Waals surface area contributed by atoms with Gasteiger partial charge in [-0.25, -0.2) is 0 Å². The quantitative estimate of drug-likeness (QED) is 0.710. The van der Waals surface area contributed by atoms with Gasteiger partial charge in [-0.05, 0) is 24.5 Å². The van der Waals surface area contributed by atoms with Gasteiger partial charge in [0.1, 0.15) is 0 Å². The number of ether oxygens (including phenoxy) is 3. The Hall–Kier alpha value is -1.71. The van der Waals surface area contributed by atoms with Crippen molar-refractivity contribution in [3.05, 3.63) is 17.7 Å². The van der Waals surface area contributed by atoms with E-state index < -0.39 is 0 Å². The number of ketones is 1. The second-order valence-corrected chi connectivity index (χ2v) is 4.79. The summed E-state index contributed by atoms with van der Waals surface area (Å²) in [6.45, 7) is 0. The molecule has 4 nitrogen and oxygen atoms in total. The highest BCUT2D eigenvalue weighted by Crippen LogP contribution is 2.41. The van der Waals surface area contributed by atoms with Gasteiger partial charge in [0.05, 0.1) is 26.9 Å². The molecule has 0 aliphatic heterocycles. The molecule has 0 atom stereocenters. The van der Waals surface area contributed by atoms with E-state index in [0.717, 1.165) is 12.3 Å². The Bertz CT molecular complexity index is 463. The molecule has 0 heterocycles. The first-order valence-electron chi connectivity index (χ1n) is 6.53. The molecule has 0 aromatic heterocycles. The fourth-order valence-electron chi connectivity index (χ4n) is 2.20. The molecule has 1 saturated carbocycles. The average molecular weight is 264 g/mol. The Morgan fingerprint density at radius 1 is 1.11 bits per heavy atom. The number of hydrogen-bond acceptors (Lipinski definition) is 4. The van der Waals surface area contributed by atoms with Crippen LogP contribution in [0.25, 0.3) is 0 Å². The summed E-state index contributed by atoms with van der Waals surface area (Å²) in [6, 6.07) is 3.49. The van der Waals surface area contributed by atoms with Crippen molar-refractivity contribution in [3.8, 4) is 17.2 Å². The van der Waals surface area contributed by atoms with Gasteiger partial charge in [0.15, 0.2) is 17.3 Å². The van der Waals surface area contributed by atoms with Crippen LogP contribution in [0.5, 0.6) is 17.2 Å². The van der Waals surface area contributed by atoms with Crippen molar-refractivity contribution < 1.29 is 19.0 Å². The molecule has 1 aliphatic rings. The van der Waals surface area contributed by atoms with Gasteiger partial charge in [-0.15, -0.1) is 0 Å². The molecule has 0 saturated heterocycles. The Morgan fingerprint density at radius 2 is 1.79 bits per heavy atom. The number of Topliss-reactive ketones (excluding diaryl/α,β-unsaturated/α-hetero) is 1. The molecule has 104 valence electrons. The summed E-state index contributed by atoms with van der Waals surface area (Å²) in [7, 11) is 4.64. The van der Waals surface area contributed by atoms with Gasteiger partial charge < -0.3 is 14.2 Å². The third kappa shape index (κ3) is 3.00. The van der Waals surface area contributed by atoms with Crippen molar-refractivity contribution in [3.63, 3.8) is 0 Å². The van der Waals surface area contributed by atoms with Crippen molar-refractivity contribution in [1.29, 1.82) is 0 Å². The van der Waals surface area contributed by atoms with Crippen molar-refractivity contribution in [2.24, 2.45) is 5.92 Å². The maximum Gasteiger partial charge on any atom is 0.204 e. The van der Waals surface area contributed by atoms with E-state index >= 15 is 0 Å². The van der Waals surface area contributed by atoms with E-state index in [2.05, 4.69) is 0 Å². The molecule has 0 unspecified atom stereocenters. The summed E-state index contributed by atoms with van der Waals surface area (Å²) < 4.78 is 15.8. The van der Waals surface area contributed by atoms with Gasteiger partial charge in [0.25, 0.3) is 0 Å². The van der Waals surface area contributed by atoms with Crippen LogP contribution in [0.2, 0.25) is 0 Å². The lowest BCUT2D eigenvalue weighted by atomic mass is 10.0. The van der Waals surface area contributed by atoms with Gasteiger partial charge in [-0.1, -0.05) is 12.8 Å². The molecule has 19 heavy (non-hydrogen) atoms. The van der Waals surface area contributed by atoms with Gasteiger partial charge >= 0.3 is 0 Å². The fourth-order valence-corrected chi connectivity index (χ4v) is 2.20. The summed E-state index contributed by atoms with van der Waals surface area (Å²) in [5.41, 5.74) is 0.570. The summed E-state index contributed by atoms with van der Waals surface area (Å²) in [5, 5.41) is 0. The SMILES string of the molecule is COc1ccc(C(=O)CCC2CC2)c(OC)c1OC. The highest BCUT2D eigenvalue weighted by molar-refractivity contribution is 5.99. The molecule has 4 heteroatoms. The lowest BCUT2D eigenvalue weighted by Gasteiger charge is -2.15. The molecular formula is C15H20O4. The predicted octanol–water partition coefficient (Wildman–Crippen LogP) is 3.09. The first-order chi connectivity index (χ1) is 9.21. The Labute approximate surface area is 113 Å². The number of carbonyl (C=O) groups excluding carboxylic acids is 1. The number of hydrogen-bond donors (Lipinski definition) is 0. The van der Waals surface area contributed by atoms with E-state index in [9.17, 15) is 4.79 Å². The number of methoxy groups -OCH3 is 3. The van der Waals surface area contributed by atoms with Gasteiger partial charge in [0.2, 0.25) is 5.75 Å². The van der Waals surface area contributed by atoms with Crippen LogP contribution in [0, 0.1) is 5.92 Å². The maximum atomic E-state index is 12.2. The van der Waals surface area contributed by atoms with Gasteiger partial charge in [-0.3, -0.25) is 4.79 Å². The third-order valence-electron chi connectivity index (χ3n) is 3.48. The van der Waals surface area contributed by atoms with E-state index in [1.54, 1.807) is 26.4 Å². The average Bonchev–Trinajstić information content (AvgIpc) is 3.26. The largest absolute Gasteiger partial charge is 0.493 e. The van der Waals surface area contributed by atoms with Crippen LogP contribution in [-0.2, 0) is 0 Å². The summed E-state index contributed by atoms with van der Waals surface area (Å²) in [4.78, 5) is 12.2. The molecular weight excluding hydrogens is 244 g/mol. The van der Waals surface area contributed by atoms with Crippen LogP contribution in [0.1, 0.15) is 36.0 Å². The lowest BCUT2D eigenvalue weighted by molar-refractivity contribution is 0.0974.